The van der Waals surface area contributed by atoms with Gasteiger partial charge in [0.25, 0.3) is 5.69 Å². The molecular weight excluding hydrogens is 410 g/mol. The Hall–Kier alpha value is -3.14. The van der Waals surface area contributed by atoms with Gasteiger partial charge in [-0.2, -0.15) is 0 Å². The first-order valence-electron chi connectivity index (χ1n) is 9.19. The van der Waals surface area contributed by atoms with Gasteiger partial charge in [0, 0.05) is 12.1 Å². The number of nitrogens with one attached hydrogen (secondary N) is 1. The molecule has 0 aliphatic heterocycles. The van der Waals surface area contributed by atoms with Crippen LogP contribution in [0.2, 0.25) is 0 Å². The predicted molar refractivity (Wildman–Crippen MR) is 116 cm³/mol. The molecule has 0 unspecified atom stereocenters. The summed E-state index contributed by atoms with van der Waals surface area (Å²) in [6.45, 7) is 5.45. The summed E-state index contributed by atoms with van der Waals surface area (Å²) in [6.07, 6.45) is 1.22. The number of amides is 1. The minimum absolute atomic E-state index is 0.0867. The molecule has 0 aromatic heterocycles. The van der Waals surface area contributed by atoms with Crippen LogP contribution in [0, 0.1) is 24.0 Å². The van der Waals surface area contributed by atoms with Gasteiger partial charge in [0.15, 0.2) is 0 Å². The molecule has 0 fully saturated rings. The van der Waals surface area contributed by atoms with E-state index in [9.17, 15) is 23.3 Å². The molecule has 0 aliphatic carbocycles. The molecule has 0 spiro atoms. The Morgan fingerprint density at radius 1 is 1.20 bits per heavy atom. The van der Waals surface area contributed by atoms with Gasteiger partial charge < -0.3 is 10.1 Å². The van der Waals surface area contributed by atoms with Crippen LogP contribution >= 0.6 is 0 Å². The van der Waals surface area contributed by atoms with Crippen molar-refractivity contribution in [1.82, 2.24) is 0 Å². The highest BCUT2D eigenvalue weighted by atomic mass is 32.2. The minimum Gasteiger partial charge on any atom is -0.495 e. The molecule has 1 amide bonds. The van der Waals surface area contributed by atoms with Gasteiger partial charge in [0.1, 0.15) is 11.8 Å². The van der Waals surface area contributed by atoms with E-state index in [4.69, 9.17) is 4.74 Å². The maximum absolute atomic E-state index is 13.1. The summed E-state index contributed by atoms with van der Waals surface area (Å²) in [6, 6.07) is 7.87. The second-order valence-corrected chi connectivity index (χ2v) is 8.74. The van der Waals surface area contributed by atoms with Gasteiger partial charge in [-0.25, -0.2) is 8.42 Å². The van der Waals surface area contributed by atoms with Gasteiger partial charge in [-0.15, -0.1) is 0 Å². The Labute approximate surface area is 175 Å². The fraction of sp³-hybridized carbons (Fsp3) is 0.350. The molecular formula is C20H25N3O6S. The Morgan fingerprint density at radius 2 is 1.87 bits per heavy atom. The van der Waals surface area contributed by atoms with Crippen molar-refractivity contribution in [3.63, 3.8) is 0 Å². The number of nitro benzene ring substituents is 1. The molecule has 0 saturated heterocycles. The van der Waals surface area contributed by atoms with Crippen LogP contribution in [0.3, 0.4) is 0 Å². The molecule has 1 N–H and O–H groups in total. The lowest BCUT2D eigenvalue weighted by atomic mass is 10.1. The van der Waals surface area contributed by atoms with E-state index in [1.165, 1.54) is 25.3 Å². The number of nitro groups is 1. The molecule has 0 aliphatic rings. The molecule has 0 saturated carbocycles. The maximum atomic E-state index is 13.1. The molecule has 9 nitrogen and oxygen atoms in total. The van der Waals surface area contributed by atoms with E-state index in [1.807, 2.05) is 13.8 Å². The van der Waals surface area contributed by atoms with Crippen LogP contribution in [-0.4, -0.2) is 38.7 Å². The lowest BCUT2D eigenvalue weighted by Crippen LogP contribution is -2.47. The lowest BCUT2D eigenvalue weighted by Gasteiger charge is -2.30. The second-order valence-electron chi connectivity index (χ2n) is 6.88. The third-order valence-corrected chi connectivity index (χ3v) is 5.91. The number of non-ortho nitro benzene ring substituents is 1. The van der Waals surface area contributed by atoms with E-state index >= 15 is 0 Å². The minimum atomic E-state index is -3.80. The highest BCUT2D eigenvalue weighted by Crippen LogP contribution is 2.30. The van der Waals surface area contributed by atoms with Crippen molar-refractivity contribution in [3.8, 4) is 5.75 Å². The van der Waals surface area contributed by atoms with Crippen LogP contribution in [0.15, 0.2) is 36.4 Å². The van der Waals surface area contributed by atoms with E-state index in [-0.39, 0.29) is 23.5 Å². The van der Waals surface area contributed by atoms with Crippen molar-refractivity contribution in [2.24, 2.45) is 0 Å². The molecule has 1 atom stereocenters. The van der Waals surface area contributed by atoms with Gasteiger partial charge in [-0.1, -0.05) is 13.0 Å². The maximum Gasteiger partial charge on any atom is 0.271 e. The summed E-state index contributed by atoms with van der Waals surface area (Å²) in [5.74, 6) is -0.402. The summed E-state index contributed by atoms with van der Waals surface area (Å²) in [4.78, 5) is 23.5. The molecule has 2 rings (SSSR count). The zero-order chi connectivity index (χ0) is 22.6. The quantitative estimate of drug-likeness (QED) is 0.501. The molecule has 0 bridgehead atoms. The van der Waals surface area contributed by atoms with Gasteiger partial charge in [-0.3, -0.25) is 19.2 Å². The van der Waals surface area contributed by atoms with Crippen LogP contribution in [0.4, 0.5) is 17.1 Å². The van der Waals surface area contributed by atoms with Gasteiger partial charge in [0.05, 0.1) is 29.7 Å². The number of methoxy groups -OCH3 is 1. The van der Waals surface area contributed by atoms with Crippen LogP contribution in [-0.2, 0) is 14.8 Å². The third kappa shape index (κ3) is 5.07. The van der Waals surface area contributed by atoms with Crippen molar-refractivity contribution < 1.29 is 22.9 Å². The Kier molecular flexibility index (Phi) is 7.04. The molecule has 162 valence electrons. The topological polar surface area (TPSA) is 119 Å². The number of anilines is 2. The van der Waals surface area contributed by atoms with Crippen LogP contribution < -0.4 is 14.4 Å². The van der Waals surface area contributed by atoms with Crippen molar-refractivity contribution >= 4 is 33.0 Å². The highest BCUT2D eigenvalue weighted by Gasteiger charge is 2.32. The van der Waals surface area contributed by atoms with Crippen LogP contribution in [0.5, 0.6) is 5.75 Å². The van der Waals surface area contributed by atoms with Crippen LogP contribution in [0.1, 0.15) is 24.5 Å². The van der Waals surface area contributed by atoms with E-state index < -0.39 is 26.9 Å². The van der Waals surface area contributed by atoms with Gasteiger partial charge >= 0.3 is 0 Å². The predicted octanol–water partition coefficient (Wildman–Crippen LogP) is 3.40. The van der Waals surface area contributed by atoms with E-state index in [2.05, 4.69) is 5.32 Å². The number of sulfonamides is 1. The number of rotatable bonds is 8. The first-order valence-corrected chi connectivity index (χ1v) is 11.0. The van der Waals surface area contributed by atoms with Crippen LogP contribution in [0.25, 0.3) is 0 Å². The first kappa shape index (κ1) is 23.1. The molecule has 2 aromatic rings. The first-order chi connectivity index (χ1) is 14.0. The summed E-state index contributed by atoms with van der Waals surface area (Å²) in [5.41, 5.74) is 2.10. The fourth-order valence-corrected chi connectivity index (χ4v) is 4.25. The monoisotopic (exact) mass is 435 g/mol. The number of aryl methyl sites for hydroxylation is 2. The number of carbonyl (C=O) groups is 1. The van der Waals surface area contributed by atoms with E-state index in [1.54, 1.807) is 25.1 Å². The molecule has 2 aromatic carbocycles. The van der Waals surface area contributed by atoms with Crippen molar-refractivity contribution in [1.29, 1.82) is 0 Å². The van der Waals surface area contributed by atoms with Crippen molar-refractivity contribution in [2.75, 3.05) is 23.0 Å². The number of ether oxygens (including phenoxy) is 1. The smallest absolute Gasteiger partial charge is 0.271 e. The number of carbonyl (C=O) groups excluding carboxylic acids is 1. The Balaban J connectivity index is 2.47. The van der Waals surface area contributed by atoms with Crippen molar-refractivity contribution in [3.05, 3.63) is 57.6 Å². The Morgan fingerprint density at radius 3 is 2.37 bits per heavy atom. The number of benzene rings is 2. The summed E-state index contributed by atoms with van der Waals surface area (Å²) < 4.78 is 31.4. The van der Waals surface area contributed by atoms with Gasteiger partial charge in [-0.05, 0) is 49.6 Å². The largest absolute Gasteiger partial charge is 0.495 e. The summed E-state index contributed by atoms with van der Waals surface area (Å²) in [7, 11) is -2.43. The summed E-state index contributed by atoms with van der Waals surface area (Å²) >= 11 is 0. The third-order valence-electron chi connectivity index (χ3n) is 4.73. The fourth-order valence-electron chi connectivity index (χ4n) is 3.05. The zero-order valence-corrected chi connectivity index (χ0v) is 18.3. The standard InChI is InChI=1S/C20H25N3O6S/c1-6-18(22(30(5,27)28)15-8-7-13(2)14(3)11-15)20(24)21-17-12-16(23(25)26)9-10-19(17)29-4/h7-12,18H,6H2,1-5H3,(H,21,24)/t18-/m0/s1. The van der Waals surface area contributed by atoms with E-state index in [0.717, 1.165) is 21.7 Å². The van der Waals surface area contributed by atoms with Gasteiger partial charge in [0.2, 0.25) is 15.9 Å². The SMILES string of the molecule is CC[C@@H](C(=O)Nc1cc([N+](=O)[O-])ccc1OC)N(c1ccc(C)c(C)c1)S(C)(=O)=O. The molecule has 0 radical (unpaired) electrons. The average molecular weight is 436 g/mol. The molecule has 30 heavy (non-hydrogen) atoms. The summed E-state index contributed by atoms with van der Waals surface area (Å²) in [5, 5.41) is 13.7. The van der Waals surface area contributed by atoms with Crippen molar-refractivity contribution in [2.45, 2.75) is 33.2 Å². The average Bonchev–Trinajstić information content (AvgIpc) is 2.67. The van der Waals surface area contributed by atoms with E-state index in [0.29, 0.717) is 5.69 Å². The highest BCUT2D eigenvalue weighted by molar-refractivity contribution is 7.92. The number of hydrogen-bond donors (Lipinski definition) is 1. The molecule has 10 heteroatoms. The zero-order valence-electron chi connectivity index (χ0n) is 17.5. The Bertz CT molecular complexity index is 1070. The normalized spacial score (nSPS) is 12.2. The lowest BCUT2D eigenvalue weighted by molar-refractivity contribution is -0.384. The number of nitrogens with zero attached hydrogens (tertiary/aromatic N) is 2. The second kappa shape index (κ2) is 9.12. The molecule has 0 heterocycles. The number of hydrogen-bond acceptors (Lipinski definition) is 6.